The number of ether oxygens (including phenoxy) is 1. The first-order valence-corrected chi connectivity index (χ1v) is 5.80. The quantitative estimate of drug-likeness (QED) is 0.467. The highest BCUT2D eigenvalue weighted by Crippen LogP contribution is 2.33. The topological polar surface area (TPSA) is 58.0 Å². The maximum atomic E-state index is 12.4. The molecule has 0 bridgehead atoms. The van der Waals surface area contributed by atoms with Gasteiger partial charge in [0.05, 0.1) is 24.8 Å². The first-order chi connectivity index (χ1) is 9.00. The number of hydrogen-bond acceptors (Lipinski definition) is 2. The van der Waals surface area contributed by atoms with Crippen molar-refractivity contribution in [3.8, 4) is 0 Å². The third kappa shape index (κ3) is 3.39. The number of benzene rings is 1. The number of rotatable bonds is 3. The van der Waals surface area contributed by atoms with Gasteiger partial charge in [0.15, 0.2) is 0 Å². The highest BCUT2D eigenvalue weighted by molar-refractivity contribution is 5.27. The summed E-state index contributed by atoms with van der Waals surface area (Å²) in [6.45, 7) is 0.699. The summed E-state index contributed by atoms with van der Waals surface area (Å²) in [7, 11) is 0. The summed E-state index contributed by atoms with van der Waals surface area (Å²) in [6.07, 6.45) is -3.80. The van der Waals surface area contributed by atoms with Crippen LogP contribution in [0.25, 0.3) is 10.4 Å². The van der Waals surface area contributed by atoms with E-state index in [4.69, 9.17) is 10.3 Å². The molecular formula is C12H12F3N3O. The van der Waals surface area contributed by atoms with Gasteiger partial charge < -0.3 is 4.74 Å². The third-order valence-electron chi connectivity index (χ3n) is 3.14. The molecule has 0 spiro atoms. The minimum atomic E-state index is -4.31. The van der Waals surface area contributed by atoms with Crippen molar-refractivity contribution in [2.45, 2.75) is 24.6 Å². The van der Waals surface area contributed by atoms with Crippen LogP contribution in [0.15, 0.2) is 29.4 Å². The molecule has 1 saturated heterocycles. The Morgan fingerprint density at radius 1 is 1.32 bits per heavy atom. The Morgan fingerprint density at radius 2 is 2.00 bits per heavy atom. The van der Waals surface area contributed by atoms with E-state index in [0.29, 0.717) is 13.0 Å². The van der Waals surface area contributed by atoms with Crippen molar-refractivity contribution in [1.82, 2.24) is 0 Å². The lowest BCUT2D eigenvalue weighted by molar-refractivity contribution is -0.137. The molecule has 2 rings (SSSR count). The van der Waals surface area contributed by atoms with E-state index in [-0.39, 0.29) is 18.6 Å². The van der Waals surface area contributed by atoms with Crippen LogP contribution in [0.4, 0.5) is 13.2 Å². The van der Waals surface area contributed by atoms with E-state index in [1.165, 1.54) is 12.1 Å². The zero-order chi connectivity index (χ0) is 13.9. The van der Waals surface area contributed by atoms with Gasteiger partial charge in [-0.25, -0.2) is 0 Å². The Morgan fingerprint density at radius 3 is 2.58 bits per heavy atom. The number of azide groups is 1. The lowest BCUT2D eigenvalue weighted by Gasteiger charge is -2.11. The average molecular weight is 271 g/mol. The van der Waals surface area contributed by atoms with Gasteiger partial charge in [0.1, 0.15) is 0 Å². The third-order valence-corrected chi connectivity index (χ3v) is 3.14. The van der Waals surface area contributed by atoms with Crippen molar-refractivity contribution in [1.29, 1.82) is 0 Å². The summed E-state index contributed by atoms with van der Waals surface area (Å²) in [5, 5.41) is 3.44. The number of alkyl halides is 3. The first kappa shape index (κ1) is 13.7. The average Bonchev–Trinajstić information content (AvgIpc) is 2.84. The molecule has 2 atom stereocenters. The molecule has 4 nitrogen and oxygen atoms in total. The smallest absolute Gasteiger partial charge is 0.377 e. The fourth-order valence-corrected chi connectivity index (χ4v) is 2.14. The van der Waals surface area contributed by atoms with E-state index in [2.05, 4.69) is 10.0 Å². The predicted octanol–water partition coefficient (Wildman–Crippen LogP) is 3.89. The van der Waals surface area contributed by atoms with Gasteiger partial charge in [-0.2, -0.15) is 13.2 Å². The Kier molecular flexibility index (Phi) is 3.97. The van der Waals surface area contributed by atoms with Crippen LogP contribution in [0.3, 0.4) is 0 Å². The Bertz CT molecular complexity index is 480. The molecule has 1 aromatic carbocycles. The molecule has 1 heterocycles. The number of nitrogens with zero attached hydrogens (tertiary/aromatic N) is 3. The zero-order valence-corrected chi connectivity index (χ0v) is 9.97. The van der Waals surface area contributed by atoms with Crippen LogP contribution >= 0.6 is 0 Å². The van der Waals surface area contributed by atoms with E-state index in [9.17, 15) is 13.2 Å². The minimum absolute atomic E-state index is 0.0566. The van der Waals surface area contributed by atoms with Crippen molar-refractivity contribution in [2.24, 2.45) is 5.11 Å². The summed E-state index contributed by atoms with van der Waals surface area (Å²) in [5.41, 5.74) is 8.38. The molecule has 1 aliphatic rings. The Hall–Kier alpha value is -1.72. The maximum Gasteiger partial charge on any atom is 0.416 e. The monoisotopic (exact) mass is 271 g/mol. The summed E-state index contributed by atoms with van der Waals surface area (Å²) in [6, 6.07) is 5.12. The highest BCUT2D eigenvalue weighted by Gasteiger charge is 2.31. The van der Waals surface area contributed by atoms with Crippen molar-refractivity contribution in [3.05, 3.63) is 45.8 Å². The molecule has 102 valence electrons. The number of hydrogen-bond donors (Lipinski definition) is 0. The van der Waals surface area contributed by atoms with Gasteiger partial charge in [-0.1, -0.05) is 17.2 Å². The van der Waals surface area contributed by atoms with Crippen LogP contribution in [-0.4, -0.2) is 19.3 Å². The van der Waals surface area contributed by atoms with Gasteiger partial charge in [-0.15, -0.1) is 0 Å². The molecule has 0 aliphatic carbocycles. The van der Waals surface area contributed by atoms with Gasteiger partial charge in [-0.05, 0) is 29.6 Å². The molecule has 1 aromatic rings. The van der Waals surface area contributed by atoms with Gasteiger partial charge in [0.25, 0.3) is 0 Å². The first-order valence-electron chi connectivity index (χ1n) is 5.80. The van der Waals surface area contributed by atoms with Crippen LogP contribution in [0.5, 0.6) is 0 Å². The lowest BCUT2D eigenvalue weighted by Crippen LogP contribution is -2.08. The molecule has 1 aliphatic heterocycles. The summed E-state index contributed by atoms with van der Waals surface area (Å²) in [5.74, 6) is 0.0566. The Labute approximate surface area is 107 Å². The Balaban J connectivity index is 2.02. The van der Waals surface area contributed by atoms with Crippen LogP contribution in [-0.2, 0) is 10.9 Å². The van der Waals surface area contributed by atoms with Crippen molar-refractivity contribution in [2.75, 3.05) is 13.2 Å². The van der Waals surface area contributed by atoms with Gasteiger partial charge in [-0.3, -0.25) is 0 Å². The van der Waals surface area contributed by atoms with E-state index < -0.39 is 11.7 Å². The van der Waals surface area contributed by atoms with Crippen molar-refractivity contribution >= 4 is 0 Å². The van der Waals surface area contributed by atoms with Gasteiger partial charge >= 0.3 is 6.18 Å². The summed E-state index contributed by atoms with van der Waals surface area (Å²) < 4.78 is 42.7. The summed E-state index contributed by atoms with van der Waals surface area (Å²) in [4.78, 5) is 2.66. The normalized spacial score (nSPS) is 23.1. The largest absolute Gasteiger partial charge is 0.416 e. The fourth-order valence-electron chi connectivity index (χ4n) is 2.14. The second-order valence-corrected chi connectivity index (χ2v) is 4.42. The molecule has 0 aromatic heterocycles. The maximum absolute atomic E-state index is 12.4. The standard InChI is InChI=1S/C12H12F3N3O/c13-12(14,15)10-3-1-8(2-4-10)9-5-11(19-7-9)6-17-18-16/h1-4,9,11H,5-7H2. The molecule has 1 fully saturated rings. The van der Waals surface area contributed by atoms with E-state index in [1.54, 1.807) is 0 Å². The van der Waals surface area contributed by atoms with Gasteiger partial charge in [0.2, 0.25) is 0 Å². The van der Waals surface area contributed by atoms with Crippen LogP contribution in [0.2, 0.25) is 0 Å². The molecule has 0 amide bonds. The van der Waals surface area contributed by atoms with Crippen molar-refractivity contribution in [3.63, 3.8) is 0 Å². The zero-order valence-electron chi connectivity index (χ0n) is 9.97. The van der Waals surface area contributed by atoms with Crippen molar-refractivity contribution < 1.29 is 17.9 Å². The van der Waals surface area contributed by atoms with Crippen LogP contribution in [0.1, 0.15) is 23.5 Å². The predicted molar refractivity (Wildman–Crippen MR) is 62.6 cm³/mol. The SMILES string of the molecule is [N-]=[N+]=NCC1CC(c2ccc(C(F)(F)F)cc2)CO1. The van der Waals surface area contributed by atoms with E-state index >= 15 is 0 Å². The summed E-state index contributed by atoms with van der Waals surface area (Å²) >= 11 is 0. The highest BCUT2D eigenvalue weighted by atomic mass is 19.4. The second kappa shape index (κ2) is 5.50. The molecule has 2 unspecified atom stereocenters. The molecule has 19 heavy (non-hydrogen) atoms. The molecule has 0 saturated carbocycles. The molecule has 0 radical (unpaired) electrons. The number of halogens is 3. The fraction of sp³-hybridized carbons (Fsp3) is 0.500. The molecule has 7 heteroatoms. The van der Waals surface area contributed by atoms with E-state index in [0.717, 1.165) is 17.7 Å². The van der Waals surface area contributed by atoms with Gasteiger partial charge in [0, 0.05) is 10.8 Å². The minimum Gasteiger partial charge on any atom is -0.377 e. The van der Waals surface area contributed by atoms with Crippen LogP contribution < -0.4 is 0 Å². The van der Waals surface area contributed by atoms with Crippen LogP contribution in [0, 0.1) is 0 Å². The molecule has 0 N–H and O–H groups in total. The van der Waals surface area contributed by atoms with E-state index in [1.807, 2.05) is 0 Å². The lowest BCUT2D eigenvalue weighted by atomic mass is 9.95. The molecular weight excluding hydrogens is 259 g/mol. The second-order valence-electron chi connectivity index (χ2n) is 4.42.